The Morgan fingerprint density at radius 3 is 2.83 bits per heavy atom. The van der Waals surface area contributed by atoms with Crippen molar-refractivity contribution in [1.29, 1.82) is 0 Å². The minimum Gasteiger partial charge on any atom is -0.480 e. The summed E-state index contributed by atoms with van der Waals surface area (Å²) in [6.45, 7) is 0. The predicted molar refractivity (Wildman–Crippen MR) is 57.6 cm³/mol. The van der Waals surface area contributed by atoms with E-state index in [2.05, 4.69) is 30.7 Å². The molecule has 94 valence electrons. The van der Waals surface area contributed by atoms with Gasteiger partial charge in [-0.2, -0.15) is 15.4 Å². The minimum absolute atomic E-state index is 0.0332. The fraction of sp³-hybridized carbons (Fsp3) is 0.222. The molecule has 4 N–H and O–H groups in total. The van der Waals surface area contributed by atoms with E-state index in [0.29, 0.717) is 5.69 Å². The molecule has 2 heterocycles. The number of aromatic amines is 2. The molecule has 9 nitrogen and oxygen atoms in total. The van der Waals surface area contributed by atoms with Gasteiger partial charge in [-0.25, -0.2) is 9.78 Å². The third kappa shape index (κ3) is 2.70. The molecule has 0 aliphatic rings. The normalized spacial score (nSPS) is 12.0. The van der Waals surface area contributed by atoms with E-state index < -0.39 is 17.9 Å². The summed E-state index contributed by atoms with van der Waals surface area (Å²) in [5, 5.41) is 20.7. The van der Waals surface area contributed by atoms with Gasteiger partial charge in [0.2, 0.25) is 0 Å². The first-order valence-corrected chi connectivity index (χ1v) is 5.03. The van der Waals surface area contributed by atoms with Crippen molar-refractivity contribution in [2.45, 2.75) is 12.5 Å². The van der Waals surface area contributed by atoms with E-state index >= 15 is 0 Å². The molecule has 0 fully saturated rings. The standard InChI is InChI=1S/C9H10N6O3/c16-8(7-3-12-15-14-7)13-6(9(17)18)1-5-2-10-4-11-5/h2-4,6H,1H2,(H,10,11)(H,13,16)(H,17,18)(H,12,14,15). The number of aliphatic carboxylic acids is 1. The van der Waals surface area contributed by atoms with Crippen LogP contribution in [0.4, 0.5) is 0 Å². The largest absolute Gasteiger partial charge is 0.480 e. The maximum absolute atomic E-state index is 11.6. The van der Waals surface area contributed by atoms with Gasteiger partial charge in [0.25, 0.3) is 5.91 Å². The zero-order valence-corrected chi connectivity index (χ0v) is 9.12. The van der Waals surface area contributed by atoms with Crippen LogP contribution in [0.5, 0.6) is 0 Å². The fourth-order valence-corrected chi connectivity index (χ4v) is 1.36. The second kappa shape index (κ2) is 5.08. The monoisotopic (exact) mass is 250 g/mol. The molecule has 2 aromatic rings. The van der Waals surface area contributed by atoms with Gasteiger partial charge in [0.15, 0.2) is 5.69 Å². The quantitative estimate of drug-likeness (QED) is 0.534. The molecule has 1 amide bonds. The predicted octanol–water partition coefficient (Wildman–Crippen LogP) is -1.05. The number of nitrogens with one attached hydrogen (secondary N) is 3. The molecule has 0 aliphatic carbocycles. The molecule has 1 atom stereocenters. The summed E-state index contributed by atoms with van der Waals surface area (Å²) in [7, 11) is 0. The average Bonchev–Trinajstić information content (AvgIpc) is 3.00. The summed E-state index contributed by atoms with van der Waals surface area (Å²) in [6.07, 6.45) is 4.26. The SMILES string of the molecule is O=C(NC(Cc1cnc[nH]1)C(=O)O)c1cn[nH]n1. The van der Waals surface area contributed by atoms with Gasteiger partial charge in [-0.3, -0.25) is 4.79 Å². The number of H-pyrrole nitrogens is 2. The topological polar surface area (TPSA) is 137 Å². The van der Waals surface area contributed by atoms with Crippen molar-refractivity contribution in [2.24, 2.45) is 0 Å². The second-order valence-corrected chi connectivity index (χ2v) is 3.50. The van der Waals surface area contributed by atoms with E-state index in [1.54, 1.807) is 0 Å². The van der Waals surface area contributed by atoms with E-state index in [1.165, 1.54) is 18.7 Å². The lowest BCUT2D eigenvalue weighted by Gasteiger charge is -2.12. The molecule has 0 saturated heterocycles. The van der Waals surface area contributed by atoms with Crippen molar-refractivity contribution >= 4 is 11.9 Å². The third-order valence-electron chi connectivity index (χ3n) is 2.23. The van der Waals surface area contributed by atoms with Crippen LogP contribution in [0.3, 0.4) is 0 Å². The van der Waals surface area contributed by atoms with Crippen molar-refractivity contribution in [1.82, 2.24) is 30.7 Å². The Morgan fingerprint density at radius 1 is 1.44 bits per heavy atom. The first-order chi connectivity index (χ1) is 8.66. The Bertz CT molecular complexity index is 521. The van der Waals surface area contributed by atoms with Gasteiger partial charge in [0, 0.05) is 18.3 Å². The number of nitrogens with zero attached hydrogens (tertiary/aromatic N) is 3. The fourth-order valence-electron chi connectivity index (χ4n) is 1.36. The first-order valence-electron chi connectivity index (χ1n) is 5.03. The number of aromatic nitrogens is 5. The molecule has 1 unspecified atom stereocenters. The van der Waals surface area contributed by atoms with E-state index in [0.717, 1.165) is 0 Å². The Morgan fingerprint density at radius 2 is 2.28 bits per heavy atom. The van der Waals surface area contributed by atoms with E-state index in [4.69, 9.17) is 5.11 Å². The lowest BCUT2D eigenvalue weighted by atomic mass is 10.1. The highest BCUT2D eigenvalue weighted by molar-refractivity contribution is 5.94. The van der Waals surface area contributed by atoms with Gasteiger partial charge in [-0.15, -0.1) is 0 Å². The van der Waals surface area contributed by atoms with Crippen LogP contribution in [-0.2, 0) is 11.2 Å². The molecule has 2 aromatic heterocycles. The highest BCUT2D eigenvalue weighted by Gasteiger charge is 2.22. The van der Waals surface area contributed by atoms with Crippen LogP contribution >= 0.6 is 0 Å². The van der Waals surface area contributed by atoms with Crippen molar-refractivity contribution < 1.29 is 14.7 Å². The molecule has 0 saturated carbocycles. The first kappa shape index (κ1) is 11.8. The van der Waals surface area contributed by atoms with Crippen LogP contribution < -0.4 is 5.32 Å². The zero-order valence-electron chi connectivity index (χ0n) is 9.12. The number of hydrogen-bond donors (Lipinski definition) is 4. The summed E-state index contributed by atoms with van der Waals surface area (Å²) in [5.74, 6) is -1.74. The van der Waals surface area contributed by atoms with Crippen molar-refractivity contribution in [2.75, 3.05) is 0 Å². The Hall–Kier alpha value is -2.71. The molecular weight excluding hydrogens is 240 g/mol. The van der Waals surface area contributed by atoms with Crippen LogP contribution in [-0.4, -0.2) is 48.4 Å². The Labute approximate surface area is 101 Å². The van der Waals surface area contributed by atoms with Gasteiger partial charge in [0.05, 0.1) is 12.5 Å². The molecule has 0 radical (unpaired) electrons. The van der Waals surface area contributed by atoms with Gasteiger partial charge >= 0.3 is 5.97 Å². The van der Waals surface area contributed by atoms with E-state index in [-0.39, 0.29) is 12.1 Å². The van der Waals surface area contributed by atoms with Crippen molar-refractivity contribution in [3.05, 3.63) is 30.1 Å². The third-order valence-corrected chi connectivity index (χ3v) is 2.23. The number of carbonyl (C=O) groups excluding carboxylic acids is 1. The Kier molecular flexibility index (Phi) is 3.32. The maximum atomic E-state index is 11.6. The van der Waals surface area contributed by atoms with E-state index in [9.17, 15) is 9.59 Å². The molecule has 9 heteroatoms. The van der Waals surface area contributed by atoms with Crippen LogP contribution in [0.1, 0.15) is 16.2 Å². The summed E-state index contributed by atoms with van der Waals surface area (Å²) in [6, 6.07) is -1.06. The van der Waals surface area contributed by atoms with Gasteiger partial charge < -0.3 is 15.4 Å². The summed E-state index contributed by atoms with van der Waals surface area (Å²) in [5.41, 5.74) is 0.647. The molecule has 2 rings (SSSR count). The number of carbonyl (C=O) groups is 2. The number of hydrogen-bond acceptors (Lipinski definition) is 5. The number of carboxylic acids is 1. The van der Waals surface area contributed by atoms with Crippen LogP contribution in [0.2, 0.25) is 0 Å². The summed E-state index contributed by atoms with van der Waals surface area (Å²) in [4.78, 5) is 29.2. The summed E-state index contributed by atoms with van der Waals surface area (Å²) >= 11 is 0. The minimum atomic E-state index is -1.14. The number of amides is 1. The maximum Gasteiger partial charge on any atom is 0.326 e. The highest BCUT2D eigenvalue weighted by atomic mass is 16.4. The molecular formula is C9H10N6O3. The van der Waals surface area contributed by atoms with Gasteiger partial charge in [-0.1, -0.05) is 0 Å². The number of carboxylic acid groups (broad SMARTS) is 1. The number of rotatable bonds is 5. The van der Waals surface area contributed by atoms with Gasteiger partial charge in [0.1, 0.15) is 6.04 Å². The lowest BCUT2D eigenvalue weighted by Crippen LogP contribution is -2.42. The van der Waals surface area contributed by atoms with Crippen molar-refractivity contribution in [3.8, 4) is 0 Å². The Balaban J connectivity index is 2.03. The van der Waals surface area contributed by atoms with Gasteiger partial charge in [-0.05, 0) is 0 Å². The molecule has 0 aliphatic heterocycles. The molecule has 18 heavy (non-hydrogen) atoms. The summed E-state index contributed by atoms with van der Waals surface area (Å²) < 4.78 is 0. The average molecular weight is 250 g/mol. The van der Waals surface area contributed by atoms with E-state index in [1.807, 2.05) is 0 Å². The molecule has 0 aromatic carbocycles. The second-order valence-electron chi connectivity index (χ2n) is 3.50. The van der Waals surface area contributed by atoms with Crippen LogP contribution in [0.25, 0.3) is 0 Å². The molecule has 0 spiro atoms. The van der Waals surface area contributed by atoms with Crippen LogP contribution in [0, 0.1) is 0 Å². The van der Waals surface area contributed by atoms with Crippen LogP contribution in [0.15, 0.2) is 18.7 Å². The number of imidazole rings is 1. The smallest absolute Gasteiger partial charge is 0.326 e. The zero-order chi connectivity index (χ0) is 13.0. The molecule has 0 bridgehead atoms. The lowest BCUT2D eigenvalue weighted by molar-refractivity contribution is -0.139. The highest BCUT2D eigenvalue weighted by Crippen LogP contribution is 2.00. The van der Waals surface area contributed by atoms with Crippen molar-refractivity contribution in [3.63, 3.8) is 0 Å².